The summed E-state index contributed by atoms with van der Waals surface area (Å²) in [7, 11) is 0. The van der Waals surface area contributed by atoms with Gasteiger partial charge in [0.15, 0.2) is 0 Å². The second-order valence-corrected chi connectivity index (χ2v) is 2.11. The molecule has 0 radical (unpaired) electrons. The van der Waals surface area contributed by atoms with E-state index in [2.05, 4.69) is 25.4 Å². The highest BCUT2D eigenvalue weighted by Crippen LogP contribution is 1.87. The van der Waals surface area contributed by atoms with Crippen molar-refractivity contribution >= 4 is 6.21 Å². The maximum Gasteiger partial charge on any atom is 0.0267 e. The quantitative estimate of drug-likeness (QED) is 0.417. The minimum absolute atomic E-state index is 1.28. The third-order valence-electron chi connectivity index (χ3n) is 0.818. The van der Waals surface area contributed by atoms with Crippen molar-refractivity contribution in [3.63, 3.8) is 0 Å². The first kappa shape index (κ1) is 8.89. The number of rotatable bonds is 3. The van der Waals surface area contributed by atoms with Crippen LogP contribution in [0.3, 0.4) is 0 Å². The zero-order valence-electron chi connectivity index (χ0n) is 6.54. The fourth-order valence-corrected chi connectivity index (χ4v) is 0.408. The van der Waals surface area contributed by atoms with E-state index < -0.39 is 0 Å². The molecule has 0 bridgehead atoms. The van der Waals surface area contributed by atoms with Gasteiger partial charge in [-0.2, -0.15) is 0 Å². The zero-order valence-corrected chi connectivity index (χ0v) is 6.54. The van der Waals surface area contributed by atoms with Gasteiger partial charge >= 0.3 is 0 Å². The van der Waals surface area contributed by atoms with Crippen molar-refractivity contribution in [1.82, 2.24) is 0 Å². The molecule has 1 heteroatoms. The van der Waals surface area contributed by atoms with Gasteiger partial charge in [0.25, 0.3) is 0 Å². The Kier molecular flexibility index (Phi) is 5.35. The molecule has 0 aromatic carbocycles. The largest absolute Gasteiger partial charge is 0.265 e. The summed E-state index contributed by atoms with van der Waals surface area (Å²) in [6, 6.07) is 0. The van der Waals surface area contributed by atoms with Crippen molar-refractivity contribution in [3.05, 3.63) is 36.6 Å². The molecule has 0 atom stereocenters. The number of nitrogens with zero attached hydrogens (tertiary/aromatic N) is 1. The molecule has 0 unspecified atom stereocenters. The minimum atomic E-state index is 1.28. The summed E-state index contributed by atoms with van der Waals surface area (Å²) in [5.74, 6) is 0. The lowest BCUT2D eigenvalue weighted by molar-refractivity contribution is 1.39. The van der Waals surface area contributed by atoms with E-state index in [1.165, 1.54) is 11.8 Å². The van der Waals surface area contributed by atoms with E-state index in [4.69, 9.17) is 0 Å². The van der Waals surface area contributed by atoms with Crippen LogP contribution in [0.1, 0.15) is 13.8 Å². The van der Waals surface area contributed by atoms with Crippen molar-refractivity contribution in [3.8, 4) is 0 Å². The van der Waals surface area contributed by atoms with Crippen LogP contribution < -0.4 is 0 Å². The third kappa shape index (κ3) is 6.89. The lowest BCUT2D eigenvalue weighted by Crippen LogP contribution is -1.62. The first-order chi connectivity index (χ1) is 4.77. The van der Waals surface area contributed by atoms with E-state index in [0.717, 1.165) is 0 Å². The summed E-state index contributed by atoms with van der Waals surface area (Å²) in [5, 5.41) is 0. The number of hydrogen-bond donors (Lipinski definition) is 0. The summed E-state index contributed by atoms with van der Waals surface area (Å²) in [5.41, 5.74) is 1.28. The first-order valence-electron chi connectivity index (χ1n) is 3.21. The van der Waals surface area contributed by atoms with Crippen LogP contribution in [0.2, 0.25) is 0 Å². The van der Waals surface area contributed by atoms with E-state index in [-0.39, 0.29) is 0 Å². The maximum atomic E-state index is 3.79. The van der Waals surface area contributed by atoms with Crippen molar-refractivity contribution in [2.45, 2.75) is 13.8 Å². The fraction of sp³-hybridized carbons (Fsp3) is 0.222. The monoisotopic (exact) mass is 135 g/mol. The van der Waals surface area contributed by atoms with E-state index in [0.29, 0.717) is 0 Å². The smallest absolute Gasteiger partial charge is 0.0267 e. The van der Waals surface area contributed by atoms with Crippen molar-refractivity contribution in [2.75, 3.05) is 0 Å². The van der Waals surface area contributed by atoms with Crippen LogP contribution in [0.4, 0.5) is 0 Å². The van der Waals surface area contributed by atoms with Crippen LogP contribution >= 0.6 is 0 Å². The molecule has 0 aliphatic rings. The van der Waals surface area contributed by atoms with E-state index in [1.807, 2.05) is 18.2 Å². The average molecular weight is 135 g/mol. The molecule has 0 N–H and O–H groups in total. The molecule has 54 valence electrons. The van der Waals surface area contributed by atoms with Crippen LogP contribution in [0, 0.1) is 0 Å². The molecule has 1 nitrogen and oxygen atoms in total. The summed E-state index contributed by atoms with van der Waals surface area (Å²) < 4.78 is 0. The molecule has 0 aliphatic heterocycles. The summed E-state index contributed by atoms with van der Waals surface area (Å²) in [6.45, 7) is 7.55. The molecule has 0 aliphatic carbocycles. The molecule has 0 aromatic rings. The lowest BCUT2D eigenvalue weighted by Gasteiger charge is -1.79. The molecule has 10 heavy (non-hydrogen) atoms. The molecule has 0 heterocycles. The van der Waals surface area contributed by atoms with E-state index >= 15 is 0 Å². The predicted octanol–water partition coefficient (Wildman–Crippen LogP) is 2.72. The van der Waals surface area contributed by atoms with Gasteiger partial charge in [0, 0.05) is 12.4 Å². The lowest BCUT2D eigenvalue weighted by atomic mass is 10.3. The second-order valence-electron chi connectivity index (χ2n) is 2.11. The summed E-state index contributed by atoms with van der Waals surface area (Å²) in [4.78, 5) is 3.79. The average Bonchev–Trinajstić information content (AvgIpc) is 1.87. The molecular formula is C9H13N. The number of hydrogen-bond acceptors (Lipinski definition) is 1. The van der Waals surface area contributed by atoms with Gasteiger partial charge in [-0.05, 0) is 19.9 Å². The molecular weight excluding hydrogens is 122 g/mol. The molecule has 0 spiro atoms. The van der Waals surface area contributed by atoms with Crippen LogP contribution in [0.25, 0.3) is 0 Å². The topological polar surface area (TPSA) is 12.4 Å². The normalized spacial score (nSPS) is 10.6. The molecule has 0 aromatic heterocycles. The summed E-state index contributed by atoms with van der Waals surface area (Å²) >= 11 is 0. The van der Waals surface area contributed by atoms with Gasteiger partial charge in [0.2, 0.25) is 0 Å². The van der Waals surface area contributed by atoms with Crippen LogP contribution in [0.15, 0.2) is 41.6 Å². The van der Waals surface area contributed by atoms with E-state index in [1.54, 1.807) is 6.21 Å². The number of aliphatic imine (C=N–C) groups is 1. The SMILES string of the molecule is C=CN=CC=CC=C(C)C. The Morgan fingerprint density at radius 1 is 1.30 bits per heavy atom. The fourth-order valence-electron chi connectivity index (χ4n) is 0.408. The Balaban J connectivity index is 3.67. The van der Waals surface area contributed by atoms with Gasteiger partial charge in [0.05, 0.1) is 0 Å². The predicted molar refractivity (Wildman–Crippen MR) is 47.3 cm³/mol. The van der Waals surface area contributed by atoms with Crippen LogP contribution in [-0.4, -0.2) is 6.21 Å². The molecule has 0 saturated heterocycles. The molecule has 0 rings (SSSR count). The zero-order chi connectivity index (χ0) is 7.82. The van der Waals surface area contributed by atoms with Crippen molar-refractivity contribution in [2.24, 2.45) is 4.99 Å². The van der Waals surface area contributed by atoms with E-state index in [9.17, 15) is 0 Å². The molecule has 0 fully saturated rings. The number of allylic oxidation sites excluding steroid dienone is 4. The minimum Gasteiger partial charge on any atom is -0.265 e. The Labute approximate surface area is 62.5 Å². The highest BCUT2D eigenvalue weighted by Gasteiger charge is 1.67. The molecule has 0 saturated carbocycles. The second kappa shape index (κ2) is 6.02. The van der Waals surface area contributed by atoms with Gasteiger partial charge < -0.3 is 0 Å². The highest BCUT2D eigenvalue weighted by molar-refractivity contribution is 5.71. The van der Waals surface area contributed by atoms with Gasteiger partial charge in [-0.1, -0.05) is 24.3 Å². The Hall–Kier alpha value is -1.11. The van der Waals surface area contributed by atoms with Gasteiger partial charge in [-0.25, -0.2) is 0 Å². The standard InChI is InChI=1S/C9H13N/c1-4-10-8-6-5-7-9(2)3/h4-8H,1H2,2-3H3. The van der Waals surface area contributed by atoms with Crippen molar-refractivity contribution in [1.29, 1.82) is 0 Å². The Morgan fingerprint density at radius 2 is 2.00 bits per heavy atom. The van der Waals surface area contributed by atoms with Gasteiger partial charge in [-0.15, -0.1) is 0 Å². The van der Waals surface area contributed by atoms with Crippen LogP contribution in [-0.2, 0) is 0 Å². The first-order valence-corrected chi connectivity index (χ1v) is 3.21. The Bertz CT molecular complexity index is 169. The highest BCUT2D eigenvalue weighted by atomic mass is 14.6. The van der Waals surface area contributed by atoms with Gasteiger partial charge in [0.1, 0.15) is 0 Å². The molecule has 0 amide bonds. The maximum absolute atomic E-state index is 3.79. The van der Waals surface area contributed by atoms with Crippen LogP contribution in [0.5, 0.6) is 0 Å². The van der Waals surface area contributed by atoms with Gasteiger partial charge in [-0.3, -0.25) is 4.99 Å². The van der Waals surface area contributed by atoms with Crippen molar-refractivity contribution < 1.29 is 0 Å². The Morgan fingerprint density at radius 3 is 2.50 bits per heavy atom. The third-order valence-corrected chi connectivity index (χ3v) is 0.818. The summed E-state index contributed by atoms with van der Waals surface area (Å²) in [6.07, 6.45) is 9.05.